The fourth-order valence-electron chi connectivity index (χ4n) is 4.62. The molecule has 37 heavy (non-hydrogen) atoms. The maximum Gasteiger partial charge on any atom is 0.410 e. The third kappa shape index (κ3) is 5.45. The summed E-state index contributed by atoms with van der Waals surface area (Å²) in [6, 6.07) is 10.1. The number of benzene rings is 2. The van der Waals surface area contributed by atoms with E-state index in [2.05, 4.69) is 0 Å². The van der Waals surface area contributed by atoms with Crippen molar-refractivity contribution >= 4 is 28.6 Å². The van der Waals surface area contributed by atoms with Gasteiger partial charge in [-0.15, -0.1) is 0 Å². The Morgan fingerprint density at radius 2 is 1.89 bits per heavy atom. The SMILES string of the molecule is Cc1cc(Cl)[n+]([O-])c2cc3c(cc12)OC(C)(C)[C@H](O)[C@H]3N(CCc1ccc(F)cc1)C(=O)OC(C)(C)C. The van der Waals surface area contributed by atoms with Crippen LogP contribution in [0.4, 0.5) is 9.18 Å². The van der Waals surface area contributed by atoms with E-state index in [1.165, 1.54) is 17.0 Å². The second-order valence-electron chi connectivity index (χ2n) is 11.0. The van der Waals surface area contributed by atoms with Crippen molar-refractivity contribution in [2.24, 2.45) is 0 Å². The fourth-order valence-corrected chi connectivity index (χ4v) is 4.87. The molecule has 2 heterocycles. The molecule has 1 N–H and O–H groups in total. The van der Waals surface area contributed by atoms with E-state index in [0.717, 1.165) is 11.1 Å². The van der Waals surface area contributed by atoms with Crippen molar-refractivity contribution in [3.05, 3.63) is 75.3 Å². The number of nitrogens with zero attached hydrogens (tertiary/aromatic N) is 2. The average Bonchev–Trinajstić information content (AvgIpc) is 2.79. The number of aliphatic hydroxyl groups excluding tert-OH is 1. The first-order chi connectivity index (χ1) is 17.2. The number of halogens is 2. The number of aryl methyl sites for hydroxylation is 1. The van der Waals surface area contributed by atoms with Gasteiger partial charge in [-0.1, -0.05) is 12.1 Å². The highest BCUT2D eigenvalue weighted by Gasteiger charge is 2.48. The largest absolute Gasteiger partial charge is 0.617 e. The van der Waals surface area contributed by atoms with Gasteiger partial charge in [0.15, 0.2) is 0 Å². The van der Waals surface area contributed by atoms with Gasteiger partial charge in [-0.25, -0.2) is 9.18 Å². The van der Waals surface area contributed by atoms with Crippen molar-refractivity contribution in [3.63, 3.8) is 0 Å². The van der Waals surface area contributed by atoms with E-state index in [-0.39, 0.29) is 17.5 Å². The van der Waals surface area contributed by atoms with Crippen LogP contribution in [0.3, 0.4) is 0 Å². The second-order valence-corrected chi connectivity index (χ2v) is 11.4. The molecule has 0 bridgehead atoms. The Morgan fingerprint density at radius 3 is 2.51 bits per heavy atom. The third-order valence-corrected chi connectivity index (χ3v) is 6.79. The molecule has 2 atom stereocenters. The molecule has 4 rings (SSSR count). The lowest BCUT2D eigenvalue weighted by Crippen LogP contribution is -2.55. The highest BCUT2D eigenvalue weighted by molar-refractivity contribution is 6.28. The van der Waals surface area contributed by atoms with Crippen molar-refractivity contribution in [1.29, 1.82) is 0 Å². The van der Waals surface area contributed by atoms with Gasteiger partial charge in [-0.2, -0.15) is 4.73 Å². The number of amides is 1. The Bertz CT molecular complexity index is 1340. The van der Waals surface area contributed by atoms with Crippen LogP contribution < -0.4 is 9.47 Å². The molecule has 0 aliphatic carbocycles. The standard InChI is InChI=1S/C28H32ClFN2O5/c1-16-13-23(29)32(35)21-14-20-22(15-19(16)21)36-28(5,6)25(33)24(20)31(26(34)37-27(2,3)4)12-11-17-7-9-18(30)10-8-17/h7-10,13-15,24-25,33H,11-12H2,1-6H3/t24-,25+/m0/s1. The molecule has 0 fully saturated rings. The highest BCUT2D eigenvalue weighted by Crippen LogP contribution is 2.45. The molecule has 3 aromatic rings. The maximum atomic E-state index is 13.5. The minimum Gasteiger partial charge on any atom is -0.617 e. The lowest BCUT2D eigenvalue weighted by atomic mass is 9.84. The van der Waals surface area contributed by atoms with Crippen molar-refractivity contribution in [2.45, 2.75) is 71.3 Å². The molecule has 1 aliphatic heterocycles. The molecule has 1 aliphatic rings. The van der Waals surface area contributed by atoms with Gasteiger partial charge in [0, 0.05) is 24.2 Å². The Morgan fingerprint density at radius 1 is 1.24 bits per heavy atom. The zero-order chi connectivity index (χ0) is 27.3. The quantitative estimate of drug-likeness (QED) is 0.268. The molecule has 0 spiro atoms. The van der Waals surface area contributed by atoms with Crippen LogP contribution in [0.15, 0.2) is 42.5 Å². The third-order valence-electron chi connectivity index (χ3n) is 6.52. The number of rotatable bonds is 4. The summed E-state index contributed by atoms with van der Waals surface area (Å²) in [5.74, 6) is 0.101. The second kappa shape index (κ2) is 9.65. The van der Waals surface area contributed by atoms with E-state index in [4.69, 9.17) is 21.1 Å². The molecule has 0 saturated heterocycles. The predicted molar refractivity (Wildman–Crippen MR) is 139 cm³/mol. The van der Waals surface area contributed by atoms with E-state index < -0.39 is 29.4 Å². The fraction of sp³-hybridized carbons (Fsp3) is 0.429. The smallest absolute Gasteiger partial charge is 0.410 e. The van der Waals surface area contributed by atoms with Crippen LogP contribution in [0.1, 0.15) is 57.4 Å². The molecule has 7 nitrogen and oxygen atoms in total. The number of hydrogen-bond donors (Lipinski definition) is 1. The molecular formula is C28H32ClFN2O5. The van der Waals surface area contributed by atoms with Crippen molar-refractivity contribution in [2.75, 3.05) is 6.54 Å². The summed E-state index contributed by atoms with van der Waals surface area (Å²) in [5.41, 5.74) is 0.525. The van der Waals surface area contributed by atoms with Crippen molar-refractivity contribution in [1.82, 2.24) is 4.90 Å². The summed E-state index contributed by atoms with van der Waals surface area (Å²) in [5, 5.41) is 25.0. The van der Waals surface area contributed by atoms with Crippen LogP contribution in [0.2, 0.25) is 5.15 Å². The van der Waals surface area contributed by atoms with Gasteiger partial charge in [0.05, 0.1) is 11.4 Å². The Balaban J connectivity index is 1.86. The Hall–Kier alpha value is -3.10. The van der Waals surface area contributed by atoms with Crippen LogP contribution in [-0.4, -0.2) is 40.0 Å². The molecule has 198 valence electrons. The first-order valence-electron chi connectivity index (χ1n) is 12.2. The monoisotopic (exact) mass is 530 g/mol. The number of pyridine rings is 1. The lowest BCUT2D eigenvalue weighted by molar-refractivity contribution is -0.574. The van der Waals surface area contributed by atoms with Crippen LogP contribution in [0, 0.1) is 17.9 Å². The van der Waals surface area contributed by atoms with Gasteiger partial charge in [-0.3, -0.25) is 4.90 Å². The molecular weight excluding hydrogens is 499 g/mol. The summed E-state index contributed by atoms with van der Waals surface area (Å²) in [7, 11) is 0. The van der Waals surface area contributed by atoms with Gasteiger partial charge in [0.2, 0.25) is 5.52 Å². The van der Waals surface area contributed by atoms with Crippen LogP contribution in [0.5, 0.6) is 5.75 Å². The number of hydrogen-bond acceptors (Lipinski definition) is 5. The molecule has 2 aromatic carbocycles. The molecule has 0 saturated carbocycles. The van der Waals surface area contributed by atoms with E-state index >= 15 is 0 Å². The van der Waals surface area contributed by atoms with Gasteiger partial charge >= 0.3 is 6.09 Å². The summed E-state index contributed by atoms with van der Waals surface area (Å²) in [6.45, 7) is 10.8. The number of carbonyl (C=O) groups excluding carboxylic acids is 1. The van der Waals surface area contributed by atoms with Crippen LogP contribution in [0.25, 0.3) is 10.9 Å². The van der Waals surface area contributed by atoms with E-state index in [0.29, 0.717) is 33.4 Å². The molecule has 9 heteroatoms. The van der Waals surface area contributed by atoms with Crippen LogP contribution in [-0.2, 0) is 11.2 Å². The van der Waals surface area contributed by atoms with Crippen molar-refractivity contribution < 1.29 is 28.5 Å². The topological polar surface area (TPSA) is 85.9 Å². The van der Waals surface area contributed by atoms with E-state index in [9.17, 15) is 19.5 Å². The first kappa shape index (κ1) is 26.9. The first-order valence-corrected chi connectivity index (χ1v) is 12.5. The number of aliphatic hydroxyl groups is 1. The van der Waals surface area contributed by atoms with Gasteiger partial charge in [-0.05, 0) is 88.9 Å². The van der Waals surface area contributed by atoms with Crippen LogP contribution >= 0.6 is 11.6 Å². The minimum atomic E-state index is -1.15. The van der Waals surface area contributed by atoms with Gasteiger partial charge < -0.3 is 19.8 Å². The highest BCUT2D eigenvalue weighted by atomic mass is 35.5. The molecule has 0 radical (unpaired) electrons. The zero-order valence-corrected chi connectivity index (χ0v) is 22.6. The average molecular weight is 531 g/mol. The number of aromatic nitrogens is 1. The normalized spacial score (nSPS) is 18.7. The zero-order valence-electron chi connectivity index (χ0n) is 21.8. The molecule has 0 unspecified atom stereocenters. The number of ether oxygens (including phenoxy) is 2. The number of fused-ring (bicyclic) bond motifs is 2. The van der Waals surface area contributed by atoms with Gasteiger partial charge in [0.25, 0.3) is 5.15 Å². The maximum absolute atomic E-state index is 13.5. The lowest BCUT2D eigenvalue weighted by Gasteiger charge is -2.46. The Kier molecular flexibility index (Phi) is 7.03. The van der Waals surface area contributed by atoms with Crippen molar-refractivity contribution in [3.8, 4) is 5.75 Å². The predicted octanol–water partition coefficient (Wildman–Crippen LogP) is 5.63. The summed E-state index contributed by atoms with van der Waals surface area (Å²) in [6.07, 6.45) is -1.39. The Labute approximate surface area is 220 Å². The van der Waals surface area contributed by atoms with E-state index in [1.54, 1.807) is 65.0 Å². The van der Waals surface area contributed by atoms with Gasteiger partial charge in [0.1, 0.15) is 28.9 Å². The molecule has 1 amide bonds. The molecule has 1 aromatic heterocycles. The summed E-state index contributed by atoms with van der Waals surface area (Å²) in [4.78, 5) is 15.0. The summed E-state index contributed by atoms with van der Waals surface area (Å²) >= 11 is 6.16. The van der Waals surface area contributed by atoms with E-state index in [1.807, 2.05) is 6.92 Å². The minimum absolute atomic E-state index is 0.0133. The number of carbonyl (C=O) groups is 1. The summed E-state index contributed by atoms with van der Waals surface area (Å²) < 4.78 is 26.0.